The molecular weight excluding hydrogens is 396 g/mol. The van der Waals surface area contributed by atoms with Crippen LogP contribution < -0.4 is 4.74 Å². The number of pyridine rings is 1. The summed E-state index contributed by atoms with van der Waals surface area (Å²) in [6.07, 6.45) is 1.49. The molecule has 0 spiro atoms. The topological polar surface area (TPSA) is 45.6 Å². The van der Waals surface area contributed by atoms with Crippen LogP contribution in [0.2, 0.25) is 0 Å². The maximum absolute atomic E-state index is 12.3. The van der Waals surface area contributed by atoms with Gasteiger partial charge in [0.25, 0.3) is 0 Å². The van der Waals surface area contributed by atoms with Gasteiger partial charge in [-0.2, -0.15) is 0 Å². The Morgan fingerprint density at radius 3 is 2.50 bits per heavy atom. The largest absolute Gasteiger partial charge is 0.496 e. The van der Waals surface area contributed by atoms with Crippen LogP contribution >= 0.6 is 12.4 Å². The van der Waals surface area contributed by atoms with Gasteiger partial charge in [-0.05, 0) is 56.1 Å². The van der Waals surface area contributed by atoms with E-state index in [0.29, 0.717) is 13.0 Å². The van der Waals surface area contributed by atoms with Crippen LogP contribution in [0.5, 0.6) is 5.75 Å². The molecule has 0 saturated carbocycles. The molecule has 2 aromatic carbocycles. The lowest BCUT2D eigenvalue weighted by Crippen LogP contribution is -2.41. The number of hydrogen-bond donors (Lipinski definition) is 1. The van der Waals surface area contributed by atoms with Crippen molar-refractivity contribution in [1.29, 1.82) is 0 Å². The highest BCUT2D eigenvalue weighted by Crippen LogP contribution is 2.49. The quantitative estimate of drug-likeness (QED) is 0.642. The van der Waals surface area contributed by atoms with Crippen LogP contribution in [0, 0.1) is 5.41 Å². The van der Waals surface area contributed by atoms with Crippen LogP contribution in [0.25, 0.3) is 10.9 Å². The predicted octanol–water partition coefficient (Wildman–Crippen LogP) is 4.94. The van der Waals surface area contributed by atoms with Gasteiger partial charge in [-0.15, -0.1) is 12.4 Å². The number of methoxy groups -OCH3 is 1. The first kappa shape index (κ1) is 22.5. The Bertz CT molecular complexity index is 1060. The molecule has 0 bridgehead atoms. The van der Waals surface area contributed by atoms with Crippen molar-refractivity contribution in [1.82, 2.24) is 9.88 Å². The fraction of sp³-hybridized carbons (Fsp3) is 0.400. The monoisotopic (exact) mass is 426 g/mol. The van der Waals surface area contributed by atoms with E-state index in [-0.39, 0.29) is 17.8 Å². The second-order valence-corrected chi connectivity index (χ2v) is 9.28. The van der Waals surface area contributed by atoms with Crippen LogP contribution in [0.4, 0.5) is 0 Å². The molecule has 1 aliphatic carbocycles. The maximum Gasteiger partial charge on any atom is 0.123 e. The number of nitrogens with zero attached hydrogens (tertiary/aromatic N) is 2. The first-order valence-corrected chi connectivity index (χ1v) is 10.2. The Morgan fingerprint density at radius 2 is 1.80 bits per heavy atom. The minimum Gasteiger partial charge on any atom is -0.496 e. The molecule has 160 valence electrons. The lowest BCUT2D eigenvalue weighted by atomic mass is 9.65. The SMILES string of the molecule is COc1cccc(C2(O)CC(C)(C)Cc3nc4ccccc4cc32)c1CN(C)C.Cl. The molecule has 0 radical (unpaired) electrons. The lowest BCUT2D eigenvalue weighted by Gasteiger charge is -2.44. The summed E-state index contributed by atoms with van der Waals surface area (Å²) in [4.78, 5) is 7.07. The minimum absolute atomic E-state index is 0. The van der Waals surface area contributed by atoms with Crippen LogP contribution in [-0.2, 0) is 18.6 Å². The van der Waals surface area contributed by atoms with Crippen LogP contribution in [-0.4, -0.2) is 36.2 Å². The molecular formula is C25H31ClN2O2. The zero-order valence-electron chi connectivity index (χ0n) is 18.4. The van der Waals surface area contributed by atoms with Crippen molar-refractivity contribution in [2.75, 3.05) is 21.2 Å². The molecule has 0 fully saturated rings. The van der Waals surface area contributed by atoms with E-state index in [9.17, 15) is 5.11 Å². The zero-order chi connectivity index (χ0) is 20.8. The Balaban J connectivity index is 0.00000256. The summed E-state index contributed by atoms with van der Waals surface area (Å²) in [6.45, 7) is 5.12. The van der Waals surface area contributed by atoms with Gasteiger partial charge in [0.15, 0.2) is 0 Å². The van der Waals surface area contributed by atoms with E-state index in [0.717, 1.165) is 45.5 Å². The summed E-state index contributed by atoms with van der Waals surface area (Å²) in [5, 5.41) is 13.3. The third-order valence-corrected chi connectivity index (χ3v) is 5.90. The Hall–Kier alpha value is -2.14. The summed E-state index contributed by atoms with van der Waals surface area (Å²) < 4.78 is 5.68. The van der Waals surface area contributed by atoms with Crippen molar-refractivity contribution in [2.24, 2.45) is 5.41 Å². The third kappa shape index (κ3) is 3.92. The third-order valence-electron chi connectivity index (χ3n) is 5.90. The van der Waals surface area contributed by atoms with Crippen LogP contribution in [0.15, 0.2) is 48.5 Å². The summed E-state index contributed by atoms with van der Waals surface area (Å²) in [6, 6.07) is 16.3. The molecule has 1 N–H and O–H groups in total. The van der Waals surface area contributed by atoms with Crippen molar-refractivity contribution < 1.29 is 9.84 Å². The average Bonchev–Trinajstić information content (AvgIpc) is 2.65. The number of fused-ring (bicyclic) bond motifs is 2. The number of halogens is 1. The highest BCUT2D eigenvalue weighted by atomic mass is 35.5. The number of hydrogen-bond acceptors (Lipinski definition) is 4. The van der Waals surface area contributed by atoms with Crippen molar-refractivity contribution in [2.45, 2.75) is 38.8 Å². The molecule has 0 aliphatic heterocycles. The van der Waals surface area contributed by atoms with Gasteiger partial charge in [0.05, 0.1) is 12.6 Å². The predicted molar refractivity (Wildman–Crippen MR) is 124 cm³/mol. The van der Waals surface area contributed by atoms with Gasteiger partial charge in [0.2, 0.25) is 0 Å². The smallest absolute Gasteiger partial charge is 0.123 e. The van der Waals surface area contributed by atoms with E-state index < -0.39 is 5.60 Å². The standard InChI is InChI=1S/C25H30N2O2.ClH/c1-24(2)14-22-20(13-17-9-6-7-11-21(17)26-22)25(28,16-24)19-10-8-12-23(29-5)18(19)15-27(3)4;/h6-13,28H,14-16H2,1-5H3;1H. The fourth-order valence-electron chi connectivity index (χ4n) is 4.82. The van der Waals surface area contributed by atoms with Gasteiger partial charge >= 0.3 is 0 Å². The van der Waals surface area contributed by atoms with E-state index in [4.69, 9.17) is 9.72 Å². The van der Waals surface area contributed by atoms with E-state index in [1.54, 1.807) is 7.11 Å². The molecule has 4 rings (SSSR count). The summed E-state index contributed by atoms with van der Waals surface area (Å²) >= 11 is 0. The van der Waals surface area contributed by atoms with Gasteiger partial charge < -0.3 is 14.7 Å². The summed E-state index contributed by atoms with van der Waals surface area (Å²) in [7, 11) is 5.76. The zero-order valence-corrected chi connectivity index (χ0v) is 19.2. The number of aromatic nitrogens is 1. The van der Waals surface area contributed by atoms with Crippen molar-refractivity contribution in [3.8, 4) is 5.75 Å². The normalized spacial score (nSPS) is 20.0. The molecule has 0 saturated heterocycles. The first-order chi connectivity index (χ1) is 13.7. The molecule has 1 aliphatic rings. The van der Waals surface area contributed by atoms with Gasteiger partial charge in [-0.3, -0.25) is 4.98 Å². The van der Waals surface area contributed by atoms with Crippen molar-refractivity contribution >= 4 is 23.3 Å². The maximum atomic E-state index is 12.3. The Labute approximate surface area is 185 Å². The molecule has 1 aromatic heterocycles. The Morgan fingerprint density at radius 1 is 1.07 bits per heavy atom. The van der Waals surface area contributed by atoms with E-state index in [1.165, 1.54) is 0 Å². The summed E-state index contributed by atoms with van der Waals surface area (Å²) in [5.74, 6) is 0.809. The number of ether oxygens (including phenoxy) is 1. The Kier molecular flexibility index (Phi) is 6.15. The second kappa shape index (κ2) is 8.18. The lowest BCUT2D eigenvalue weighted by molar-refractivity contribution is 0.0166. The van der Waals surface area contributed by atoms with Gasteiger partial charge in [-0.25, -0.2) is 0 Å². The second-order valence-electron chi connectivity index (χ2n) is 9.28. The highest BCUT2D eigenvalue weighted by Gasteiger charge is 2.45. The van der Waals surface area contributed by atoms with Crippen LogP contribution in [0.3, 0.4) is 0 Å². The molecule has 4 nitrogen and oxygen atoms in total. The minimum atomic E-state index is -1.12. The molecule has 1 heterocycles. The van der Waals surface area contributed by atoms with Gasteiger partial charge in [-0.1, -0.05) is 44.2 Å². The molecule has 3 aromatic rings. The first-order valence-electron chi connectivity index (χ1n) is 10.2. The van der Waals surface area contributed by atoms with E-state index in [1.807, 2.05) is 50.5 Å². The molecule has 0 amide bonds. The number of rotatable bonds is 4. The van der Waals surface area contributed by atoms with E-state index in [2.05, 4.69) is 30.9 Å². The molecule has 1 atom stereocenters. The molecule has 1 unspecified atom stereocenters. The number of aliphatic hydroxyl groups is 1. The fourth-order valence-corrected chi connectivity index (χ4v) is 4.82. The molecule has 30 heavy (non-hydrogen) atoms. The highest BCUT2D eigenvalue weighted by molar-refractivity contribution is 5.85. The van der Waals surface area contributed by atoms with Gasteiger partial charge in [0.1, 0.15) is 11.4 Å². The number of benzene rings is 2. The van der Waals surface area contributed by atoms with Crippen LogP contribution in [0.1, 0.15) is 42.7 Å². The molecule has 5 heteroatoms. The van der Waals surface area contributed by atoms with Gasteiger partial charge in [0, 0.05) is 28.8 Å². The average molecular weight is 427 g/mol. The van der Waals surface area contributed by atoms with Crippen molar-refractivity contribution in [3.05, 3.63) is 70.9 Å². The summed E-state index contributed by atoms with van der Waals surface area (Å²) in [5.41, 5.74) is 3.63. The van der Waals surface area contributed by atoms with E-state index >= 15 is 0 Å². The van der Waals surface area contributed by atoms with Crippen molar-refractivity contribution in [3.63, 3.8) is 0 Å². The number of para-hydroxylation sites is 1.